The molecule has 0 radical (unpaired) electrons. The molecule has 1 rings (SSSR count). The number of hydrogen-bond acceptors (Lipinski definition) is 2. The van der Waals surface area contributed by atoms with Gasteiger partial charge in [0.2, 0.25) is 0 Å². The van der Waals surface area contributed by atoms with E-state index in [2.05, 4.69) is 25.1 Å². The first-order valence-corrected chi connectivity index (χ1v) is 7.98. The second kappa shape index (κ2) is 8.19. The van der Waals surface area contributed by atoms with Gasteiger partial charge in [-0.25, -0.2) is 0 Å². The van der Waals surface area contributed by atoms with Crippen LogP contribution in [0.2, 0.25) is 0 Å². The Morgan fingerprint density at radius 2 is 2.25 bits per heavy atom. The SMILES string of the molecule is C=CCCC(CCC)NC1CCC(SC)C1. The first-order valence-electron chi connectivity index (χ1n) is 6.69. The van der Waals surface area contributed by atoms with Gasteiger partial charge in [-0.05, 0) is 44.8 Å². The number of allylic oxidation sites excluding steroid dienone is 1. The van der Waals surface area contributed by atoms with Crippen LogP contribution >= 0.6 is 11.8 Å². The maximum Gasteiger partial charge on any atom is 0.00805 e. The standard InChI is InChI=1S/C14H27NS/c1-4-6-8-12(7-5-2)15-13-9-10-14(11-13)16-3/h4,12-15H,1,5-11H2,2-3H3. The quantitative estimate of drug-likeness (QED) is 0.645. The average Bonchev–Trinajstić information content (AvgIpc) is 2.74. The summed E-state index contributed by atoms with van der Waals surface area (Å²) >= 11 is 2.04. The second-order valence-electron chi connectivity index (χ2n) is 4.89. The van der Waals surface area contributed by atoms with Gasteiger partial charge in [0.05, 0.1) is 0 Å². The molecule has 16 heavy (non-hydrogen) atoms. The van der Waals surface area contributed by atoms with Crippen LogP contribution in [0.1, 0.15) is 51.9 Å². The molecule has 2 heteroatoms. The van der Waals surface area contributed by atoms with Crippen molar-refractivity contribution in [2.75, 3.05) is 6.26 Å². The van der Waals surface area contributed by atoms with Gasteiger partial charge in [-0.3, -0.25) is 0 Å². The number of rotatable bonds is 8. The molecule has 1 nitrogen and oxygen atoms in total. The van der Waals surface area contributed by atoms with Gasteiger partial charge in [-0.1, -0.05) is 19.4 Å². The summed E-state index contributed by atoms with van der Waals surface area (Å²) in [6.07, 6.45) is 13.4. The topological polar surface area (TPSA) is 12.0 Å². The fourth-order valence-corrected chi connectivity index (χ4v) is 3.41. The van der Waals surface area contributed by atoms with Gasteiger partial charge in [-0.2, -0.15) is 11.8 Å². The summed E-state index contributed by atoms with van der Waals surface area (Å²) in [6.45, 7) is 6.10. The van der Waals surface area contributed by atoms with E-state index in [0.717, 1.165) is 17.7 Å². The third kappa shape index (κ3) is 4.92. The number of thioether (sulfide) groups is 1. The minimum absolute atomic E-state index is 0.716. The Morgan fingerprint density at radius 1 is 1.44 bits per heavy atom. The lowest BCUT2D eigenvalue weighted by molar-refractivity contribution is 0.391. The fourth-order valence-electron chi connectivity index (χ4n) is 2.62. The van der Waals surface area contributed by atoms with Crippen molar-refractivity contribution < 1.29 is 0 Å². The maximum absolute atomic E-state index is 3.85. The molecule has 0 spiro atoms. The lowest BCUT2D eigenvalue weighted by Crippen LogP contribution is -2.36. The van der Waals surface area contributed by atoms with Crippen LogP contribution in [0.5, 0.6) is 0 Å². The zero-order valence-electron chi connectivity index (χ0n) is 10.9. The highest BCUT2D eigenvalue weighted by molar-refractivity contribution is 7.99. The van der Waals surface area contributed by atoms with Crippen LogP contribution in [0.25, 0.3) is 0 Å². The van der Waals surface area contributed by atoms with Gasteiger partial charge in [0, 0.05) is 17.3 Å². The van der Waals surface area contributed by atoms with Crippen LogP contribution in [0.4, 0.5) is 0 Å². The molecule has 1 N–H and O–H groups in total. The van der Waals surface area contributed by atoms with Crippen molar-refractivity contribution in [2.45, 2.75) is 69.2 Å². The minimum Gasteiger partial charge on any atom is -0.311 e. The summed E-state index contributed by atoms with van der Waals surface area (Å²) in [6, 6.07) is 1.49. The van der Waals surface area contributed by atoms with Crippen molar-refractivity contribution in [1.82, 2.24) is 5.32 Å². The van der Waals surface area contributed by atoms with Gasteiger partial charge in [0.1, 0.15) is 0 Å². The highest BCUT2D eigenvalue weighted by Crippen LogP contribution is 2.28. The van der Waals surface area contributed by atoms with Crippen LogP contribution in [0.15, 0.2) is 12.7 Å². The van der Waals surface area contributed by atoms with Crippen molar-refractivity contribution in [1.29, 1.82) is 0 Å². The lowest BCUT2D eigenvalue weighted by Gasteiger charge is -2.22. The Kier molecular flexibility index (Phi) is 7.22. The minimum atomic E-state index is 0.716. The normalized spacial score (nSPS) is 26.9. The van der Waals surface area contributed by atoms with E-state index in [1.54, 1.807) is 0 Å². The van der Waals surface area contributed by atoms with E-state index in [1.807, 2.05) is 17.8 Å². The van der Waals surface area contributed by atoms with Gasteiger partial charge < -0.3 is 5.32 Å². The summed E-state index contributed by atoms with van der Waals surface area (Å²) in [5, 5.41) is 4.76. The summed E-state index contributed by atoms with van der Waals surface area (Å²) in [5.74, 6) is 0. The molecule has 0 aliphatic heterocycles. The molecule has 1 aliphatic rings. The van der Waals surface area contributed by atoms with Crippen LogP contribution in [-0.4, -0.2) is 23.6 Å². The molecular formula is C14H27NS. The molecule has 0 aromatic heterocycles. The number of nitrogens with one attached hydrogen (secondary N) is 1. The van der Waals surface area contributed by atoms with Crippen LogP contribution < -0.4 is 5.32 Å². The van der Waals surface area contributed by atoms with Gasteiger partial charge in [0.25, 0.3) is 0 Å². The Hall–Kier alpha value is 0.0500. The third-order valence-electron chi connectivity index (χ3n) is 3.55. The Bertz CT molecular complexity index is 193. The molecule has 3 unspecified atom stereocenters. The molecule has 0 aromatic carbocycles. The van der Waals surface area contributed by atoms with E-state index < -0.39 is 0 Å². The molecule has 1 fully saturated rings. The number of hydrogen-bond donors (Lipinski definition) is 1. The Labute approximate surface area is 105 Å². The van der Waals surface area contributed by atoms with Crippen molar-refractivity contribution >= 4 is 11.8 Å². The summed E-state index contributed by atoms with van der Waals surface area (Å²) in [5.41, 5.74) is 0. The average molecular weight is 241 g/mol. The predicted octanol–water partition coefficient (Wildman–Crippen LogP) is 4.00. The fraction of sp³-hybridized carbons (Fsp3) is 0.857. The predicted molar refractivity (Wildman–Crippen MR) is 76.2 cm³/mol. The van der Waals surface area contributed by atoms with E-state index in [9.17, 15) is 0 Å². The molecule has 94 valence electrons. The summed E-state index contributed by atoms with van der Waals surface area (Å²) < 4.78 is 0. The molecule has 0 saturated heterocycles. The highest BCUT2D eigenvalue weighted by atomic mass is 32.2. The highest BCUT2D eigenvalue weighted by Gasteiger charge is 2.25. The van der Waals surface area contributed by atoms with Crippen molar-refractivity contribution in [3.8, 4) is 0 Å². The molecule has 0 heterocycles. The maximum atomic E-state index is 3.85. The van der Waals surface area contributed by atoms with Crippen LogP contribution in [0.3, 0.4) is 0 Å². The molecule has 1 aliphatic carbocycles. The molecule has 3 atom stereocenters. The molecule has 0 amide bonds. The zero-order chi connectivity index (χ0) is 11.8. The van der Waals surface area contributed by atoms with Crippen molar-refractivity contribution in [3.63, 3.8) is 0 Å². The third-order valence-corrected chi connectivity index (χ3v) is 4.64. The van der Waals surface area contributed by atoms with Crippen molar-refractivity contribution in [2.24, 2.45) is 0 Å². The molecular weight excluding hydrogens is 214 g/mol. The molecule has 0 aromatic rings. The molecule has 1 saturated carbocycles. The summed E-state index contributed by atoms with van der Waals surface area (Å²) in [7, 11) is 0. The van der Waals surface area contributed by atoms with Gasteiger partial charge in [-0.15, -0.1) is 6.58 Å². The van der Waals surface area contributed by atoms with Crippen LogP contribution in [0, 0.1) is 0 Å². The van der Waals surface area contributed by atoms with Gasteiger partial charge in [0.15, 0.2) is 0 Å². The largest absolute Gasteiger partial charge is 0.311 e. The monoisotopic (exact) mass is 241 g/mol. The second-order valence-corrected chi connectivity index (χ2v) is 6.02. The zero-order valence-corrected chi connectivity index (χ0v) is 11.7. The van der Waals surface area contributed by atoms with E-state index >= 15 is 0 Å². The van der Waals surface area contributed by atoms with Crippen molar-refractivity contribution in [3.05, 3.63) is 12.7 Å². The smallest absolute Gasteiger partial charge is 0.00805 e. The van der Waals surface area contributed by atoms with Gasteiger partial charge >= 0.3 is 0 Å². The Balaban J connectivity index is 2.27. The first-order chi connectivity index (χ1) is 7.80. The van der Waals surface area contributed by atoms with E-state index in [4.69, 9.17) is 0 Å². The molecule has 0 bridgehead atoms. The van der Waals surface area contributed by atoms with Crippen LogP contribution in [-0.2, 0) is 0 Å². The van der Waals surface area contributed by atoms with E-state index in [1.165, 1.54) is 38.5 Å². The first kappa shape index (κ1) is 14.1. The van der Waals surface area contributed by atoms with E-state index in [0.29, 0.717) is 6.04 Å². The van der Waals surface area contributed by atoms with E-state index in [-0.39, 0.29) is 0 Å². The summed E-state index contributed by atoms with van der Waals surface area (Å²) in [4.78, 5) is 0. The lowest BCUT2D eigenvalue weighted by atomic mass is 10.0. The Morgan fingerprint density at radius 3 is 2.81 bits per heavy atom.